The highest BCUT2D eigenvalue weighted by atomic mass is 16.5. The summed E-state index contributed by atoms with van der Waals surface area (Å²) in [4.78, 5) is 14.3. The molecule has 0 aliphatic carbocycles. The maximum Gasteiger partial charge on any atom is 0.239 e. The van der Waals surface area contributed by atoms with E-state index in [1.807, 2.05) is 36.0 Å². The van der Waals surface area contributed by atoms with E-state index >= 15 is 0 Å². The number of hydrogen-bond acceptors (Lipinski definition) is 4. The van der Waals surface area contributed by atoms with E-state index < -0.39 is 0 Å². The Morgan fingerprint density at radius 1 is 1.29 bits per heavy atom. The van der Waals surface area contributed by atoms with Crippen molar-refractivity contribution in [1.82, 2.24) is 14.7 Å². The molecule has 6 heteroatoms. The molecule has 1 N–H and O–H groups in total. The number of amides is 1. The van der Waals surface area contributed by atoms with Crippen molar-refractivity contribution < 1.29 is 9.53 Å². The number of carbonyl (C=O) groups excluding carboxylic acids is 1. The summed E-state index contributed by atoms with van der Waals surface area (Å²) in [6, 6.07) is 10.3. The van der Waals surface area contributed by atoms with E-state index in [2.05, 4.69) is 34.4 Å². The Morgan fingerprint density at radius 3 is 2.71 bits per heavy atom. The summed E-state index contributed by atoms with van der Waals surface area (Å²) in [5, 5.41) is 7.49. The summed E-state index contributed by atoms with van der Waals surface area (Å²) in [5.41, 5.74) is 2.15. The molecular formula is C18H24N4O2. The highest BCUT2D eigenvalue weighted by molar-refractivity contribution is 5.91. The van der Waals surface area contributed by atoms with Crippen molar-refractivity contribution in [2.45, 2.75) is 19.9 Å². The lowest BCUT2D eigenvalue weighted by molar-refractivity contribution is -0.118. The fraction of sp³-hybridized carbons (Fsp3) is 0.444. The first kappa shape index (κ1) is 16.7. The number of hydrogen-bond donors (Lipinski definition) is 1. The number of aryl methyl sites for hydroxylation is 1. The molecule has 24 heavy (non-hydrogen) atoms. The van der Waals surface area contributed by atoms with E-state index in [-0.39, 0.29) is 11.9 Å². The molecule has 2 aromatic rings. The average molecular weight is 328 g/mol. The minimum absolute atomic E-state index is 0.0300. The Bertz CT molecular complexity index is 678. The summed E-state index contributed by atoms with van der Waals surface area (Å²) in [6.07, 6.45) is 1.97. The molecule has 1 atom stereocenters. The van der Waals surface area contributed by atoms with E-state index in [4.69, 9.17) is 4.74 Å². The normalized spacial score (nSPS) is 16.8. The first-order chi connectivity index (χ1) is 11.6. The van der Waals surface area contributed by atoms with Crippen molar-refractivity contribution in [3.63, 3.8) is 0 Å². The monoisotopic (exact) mass is 328 g/mol. The average Bonchev–Trinajstić information content (AvgIpc) is 2.96. The fourth-order valence-corrected chi connectivity index (χ4v) is 2.82. The number of aromatic nitrogens is 2. The van der Waals surface area contributed by atoms with Gasteiger partial charge >= 0.3 is 0 Å². The molecule has 1 aromatic carbocycles. The molecule has 6 nitrogen and oxygen atoms in total. The second kappa shape index (κ2) is 7.59. The van der Waals surface area contributed by atoms with Gasteiger partial charge < -0.3 is 10.1 Å². The maximum atomic E-state index is 12.2. The van der Waals surface area contributed by atoms with Gasteiger partial charge in [-0.3, -0.25) is 14.4 Å². The Labute approximate surface area is 142 Å². The van der Waals surface area contributed by atoms with Crippen LogP contribution in [0.5, 0.6) is 0 Å². The van der Waals surface area contributed by atoms with Crippen LogP contribution in [0, 0.1) is 6.92 Å². The molecule has 1 aliphatic rings. The molecule has 0 radical (unpaired) electrons. The summed E-state index contributed by atoms with van der Waals surface area (Å²) < 4.78 is 7.20. The summed E-state index contributed by atoms with van der Waals surface area (Å²) in [5.74, 6) is 0.605. The fourth-order valence-electron chi connectivity index (χ4n) is 2.82. The predicted octanol–water partition coefficient (Wildman–Crippen LogP) is 2.07. The molecule has 1 saturated heterocycles. The predicted molar refractivity (Wildman–Crippen MR) is 93.1 cm³/mol. The number of nitrogens with one attached hydrogen (secondary N) is 1. The van der Waals surface area contributed by atoms with Gasteiger partial charge in [-0.2, -0.15) is 5.10 Å². The van der Waals surface area contributed by atoms with Crippen LogP contribution in [0.2, 0.25) is 0 Å². The van der Waals surface area contributed by atoms with Crippen LogP contribution in [0.25, 0.3) is 0 Å². The number of nitrogens with zero attached hydrogens (tertiary/aromatic N) is 3. The number of carbonyl (C=O) groups is 1. The minimum Gasteiger partial charge on any atom is -0.379 e. The number of rotatable bonds is 5. The van der Waals surface area contributed by atoms with Crippen molar-refractivity contribution in [2.75, 3.05) is 38.2 Å². The molecule has 1 fully saturated rings. The molecular weight excluding hydrogens is 304 g/mol. The van der Waals surface area contributed by atoms with Gasteiger partial charge in [-0.05, 0) is 19.4 Å². The molecule has 0 bridgehead atoms. The Morgan fingerprint density at radius 2 is 2.00 bits per heavy atom. The summed E-state index contributed by atoms with van der Waals surface area (Å²) in [6.45, 7) is 7.42. The van der Waals surface area contributed by atoms with Crippen LogP contribution in [0.15, 0.2) is 36.5 Å². The van der Waals surface area contributed by atoms with Crippen molar-refractivity contribution in [2.24, 2.45) is 0 Å². The molecule has 2 heterocycles. The van der Waals surface area contributed by atoms with Crippen LogP contribution < -0.4 is 5.32 Å². The third-order valence-electron chi connectivity index (χ3n) is 4.32. The zero-order valence-electron chi connectivity index (χ0n) is 14.2. The van der Waals surface area contributed by atoms with Crippen LogP contribution in [-0.2, 0) is 9.53 Å². The van der Waals surface area contributed by atoms with Crippen molar-refractivity contribution in [1.29, 1.82) is 0 Å². The molecule has 1 aromatic heterocycles. The standard InChI is InChI=1S/C18H24N4O2/c1-14-12-22(15(2)16-6-4-3-5-7-16)20-18(14)19-17(23)13-21-8-10-24-11-9-21/h3-7,12,15H,8-11,13H2,1-2H3,(H,19,20,23)/t15-/m1/s1. The second-order valence-electron chi connectivity index (χ2n) is 6.16. The van der Waals surface area contributed by atoms with E-state index in [1.54, 1.807) is 0 Å². The molecule has 1 aliphatic heterocycles. The molecule has 3 rings (SSSR count). The molecule has 0 unspecified atom stereocenters. The molecule has 1 amide bonds. The largest absolute Gasteiger partial charge is 0.379 e. The smallest absolute Gasteiger partial charge is 0.239 e. The number of anilines is 1. The maximum absolute atomic E-state index is 12.2. The minimum atomic E-state index is -0.0300. The van der Waals surface area contributed by atoms with E-state index in [1.165, 1.54) is 5.56 Å². The van der Waals surface area contributed by atoms with Crippen LogP contribution in [0.1, 0.15) is 24.1 Å². The van der Waals surface area contributed by atoms with Gasteiger partial charge in [-0.1, -0.05) is 30.3 Å². The second-order valence-corrected chi connectivity index (χ2v) is 6.16. The summed E-state index contributed by atoms with van der Waals surface area (Å²) in [7, 11) is 0. The van der Waals surface area contributed by atoms with Gasteiger partial charge in [0.05, 0.1) is 25.8 Å². The highest BCUT2D eigenvalue weighted by Crippen LogP contribution is 2.20. The first-order valence-electron chi connectivity index (χ1n) is 8.34. The Hall–Kier alpha value is -2.18. The van der Waals surface area contributed by atoms with Crippen LogP contribution in [-0.4, -0.2) is 53.4 Å². The van der Waals surface area contributed by atoms with Gasteiger partial charge in [-0.25, -0.2) is 0 Å². The topological polar surface area (TPSA) is 59.4 Å². The highest BCUT2D eigenvalue weighted by Gasteiger charge is 2.17. The molecule has 0 saturated carbocycles. The number of ether oxygens (including phenoxy) is 1. The quantitative estimate of drug-likeness (QED) is 0.913. The molecule has 0 spiro atoms. The lowest BCUT2D eigenvalue weighted by Gasteiger charge is -2.25. The van der Waals surface area contributed by atoms with Crippen molar-refractivity contribution in [3.05, 3.63) is 47.7 Å². The van der Waals surface area contributed by atoms with Gasteiger partial charge in [0, 0.05) is 24.8 Å². The van der Waals surface area contributed by atoms with Crippen molar-refractivity contribution in [3.8, 4) is 0 Å². The van der Waals surface area contributed by atoms with Gasteiger partial charge in [0.2, 0.25) is 5.91 Å². The third-order valence-corrected chi connectivity index (χ3v) is 4.32. The first-order valence-corrected chi connectivity index (χ1v) is 8.34. The van der Waals surface area contributed by atoms with Gasteiger partial charge in [0.15, 0.2) is 5.82 Å². The lowest BCUT2D eigenvalue weighted by atomic mass is 10.1. The molecule has 128 valence electrons. The third kappa shape index (κ3) is 4.01. The van der Waals surface area contributed by atoms with Gasteiger partial charge in [-0.15, -0.1) is 0 Å². The van der Waals surface area contributed by atoms with Crippen LogP contribution in [0.4, 0.5) is 5.82 Å². The lowest BCUT2D eigenvalue weighted by Crippen LogP contribution is -2.41. The zero-order chi connectivity index (χ0) is 16.9. The van der Waals surface area contributed by atoms with Gasteiger partial charge in [0.1, 0.15) is 0 Å². The van der Waals surface area contributed by atoms with E-state index in [0.717, 1.165) is 18.7 Å². The zero-order valence-corrected chi connectivity index (χ0v) is 14.2. The van der Waals surface area contributed by atoms with Crippen LogP contribution in [0.3, 0.4) is 0 Å². The van der Waals surface area contributed by atoms with Crippen molar-refractivity contribution >= 4 is 11.7 Å². The van der Waals surface area contributed by atoms with Gasteiger partial charge in [0.25, 0.3) is 0 Å². The number of morpholine rings is 1. The summed E-state index contributed by atoms with van der Waals surface area (Å²) >= 11 is 0. The van der Waals surface area contributed by atoms with Crippen LogP contribution >= 0.6 is 0 Å². The Kier molecular flexibility index (Phi) is 5.27. The number of benzene rings is 1. The SMILES string of the molecule is Cc1cn([C@H](C)c2ccccc2)nc1NC(=O)CN1CCOCC1. The van der Waals surface area contributed by atoms with E-state index in [9.17, 15) is 4.79 Å². The Balaban J connectivity index is 1.64. The van der Waals surface area contributed by atoms with E-state index in [0.29, 0.717) is 25.6 Å².